The van der Waals surface area contributed by atoms with Gasteiger partial charge in [0, 0.05) is 49.8 Å². The molecule has 8 heteroatoms. The van der Waals surface area contributed by atoms with E-state index in [4.69, 9.17) is 5.73 Å². The number of anilines is 4. The third-order valence-corrected chi connectivity index (χ3v) is 7.47. The summed E-state index contributed by atoms with van der Waals surface area (Å²) in [6, 6.07) is 15.0. The minimum Gasteiger partial charge on any atom is -0.369 e. The molecule has 2 aromatic heterocycles. The molecule has 2 bridgehead atoms. The molecule has 0 amide bonds. The molecule has 166 valence electrons. The van der Waals surface area contributed by atoms with Crippen molar-refractivity contribution in [1.29, 1.82) is 0 Å². The van der Waals surface area contributed by atoms with Crippen molar-refractivity contribution in [3.63, 3.8) is 0 Å². The second-order valence-corrected chi connectivity index (χ2v) is 9.33. The van der Waals surface area contributed by atoms with Crippen LogP contribution in [0.15, 0.2) is 48.7 Å². The average Bonchev–Trinajstić information content (AvgIpc) is 3.56. The van der Waals surface area contributed by atoms with E-state index in [0.717, 1.165) is 36.7 Å². The smallest absolute Gasteiger partial charge is 0.248 e. The number of pyridine rings is 1. The molecule has 3 aromatic rings. The normalized spacial score (nSPS) is 25.4. The van der Waals surface area contributed by atoms with E-state index in [1.807, 2.05) is 18.2 Å². The number of rotatable bonds is 5. The fourth-order valence-corrected chi connectivity index (χ4v) is 5.88. The maximum absolute atomic E-state index is 6.02. The van der Waals surface area contributed by atoms with Crippen LogP contribution in [-0.2, 0) is 0 Å². The molecule has 6 rings (SSSR count). The maximum atomic E-state index is 6.02. The Kier molecular flexibility index (Phi) is 4.94. The van der Waals surface area contributed by atoms with E-state index in [9.17, 15) is 0 Å². The average molecular weight is 431 g/mol. The molecule has 32 heavy (non-hydrogen) atoms. The lowest BCUT2D eigenvalue weighted by molar-refractivity contribution is 0.135. The van der Waals surface area contributed by atoms with E-state index in [1.165, 1.54) is 49.1 Å². The number of aromatic nitrogens is 4. The molecule has 0 radical (unpaired) electrons. The Morgan fingerprint density at radius 3 is 2.47 bits per heavy atom. The summed E-state index contributed by atoms with van der Waals surface area (Å²) in [4.78, 5) is 13.9. The minimum atomic E-state index is 0.302. The van der Waals surface area contributed by atoms with Crippen LogP contribution in [-0.4, -0.2) is 56.9 Å². The fraction of sp³-hybridized carbons (Fsp3) is 0.458. The summed E-state index contributed by atoms with van der Waals surface area (Å²) in [7, 11) is 0. The molecule has 2 saturated carbocycles. The second kappa shape index (κ2) is 8.09. The second-order valence-electron chi connectivity index (χ2n) is 9.33. The van der Waals surface area contributed by atoms with E-state index >= 15 is 0 Å². The summed E-state index contributed by atoms with van der Waals surface area (Å²) in [5, 5.41) is 7.69. The van der Waals surface area contributed by atoms with Crippen LogP contribution >= 0.6 is 0 Å². The zero-order valence-corrected chi connectivity index (χ0v) is 18.3. The lowest BCUT2D eigenvalue weighted by Gasteiger charge is -2.41. The SMILES string of the molecule is Nc1nc(Nc2ccc(N3CCN(C4CC5CCC4C5)CC3)cc2)nn1-c1ccccn1. The molecule has 1 saturated heterocycles. The lowest BCUT2D eigenvalue weighted by atomic mass is 9.93. The third-order valence-electron chi connectivity index (χ3n) is 7.47. The van der Waals surface area contributed by atoms with Crippen LogP contribution in [0, 0.1) is 11.8 Å². The van der Waals surface area contributed by atoms with Crippen LogP contribution in [0.3, 0.4) is 0 Å². The molecule has 8 nitrogen and oxygen atoms in total. The highest BCUT2D eigenvalue weighted by Crippen LogP contribution is 2.46. The number of nitrogens with two attached hydrogens (primary N) is 1. The van der Waals surface area contributed by atoms with Crippen molar-refractivity contribution in [2.24, 2.45) is 11.8 Å². The van der Waals surface area contributed by atoms with Gasteiger partial charge in [0.1, 0.15) is 0 Å². The van der Waals surface area contributed by atoms with E-state index in [2.05, 4.69) is 54.4 Å². The molecule has 3 heterocycles. The Labute approximate surface area is 188 Å². The zero-order valence-electron chi connectivity index (χ0n) is 18.3. The van der Waals surface area contributed by atoms with Crippen LogP contribution in [0.5, 0.6) is 0 Å². The largest absolute Gasteiger partial charge is 0.369 e. The van der Waals surface area contributed by atoms with Gasteiger partial charge in [-0.1, -0.05) is 12.5 Å². The van der Waals surface area contributed by atoms with Crippen LogP contribution in [0.4, 0.5) is 23.3 Å². The number of piperazine rings is 1. The summed E-state index contributed by atoms with van der Waals surface area (Å²) in [6.45, 7) is 4.57. The molecule has 3 atom stereocenters. The van der Waals surface area contributed by atoms with Gasteiger partial charge in [0.2, 0.25) is 11.9 Å². The Hall–Kier alpha value is -3.13. The predicted octanol–water partition coefficient (Wildman–Crippen LogP) is 3.30. The van der Waals surface area contributed by atoms with Crippen LogP contribution < -0.4 is 16.0 Å². The standard InChI is InChI=1S/C24H30N8/c25-23-28-24(29-32(23)22-3-1-2-10-26-22)27-19-6-8-20(9-7-19)30-11-13-31(14-12-30)21-16-17-4-5-18(21)15-17/h1-3,6-10,17-18,21H,4-5,11-16H2,(H3,25,27,28,29). The van der Waals surface area contributed by atoms with Gasteiger partial charge in [-0.05, 0) is 67.5 Å². The Morgan fingerprint density at radius 2 is 1.78 bits per heavy atom. The van der Waals surface area contributed by atoms with Crippen molar-refractivity contribution < 1.29 is 0 Å². The number of nitrogens with zero attached hydrogens (tertiary/aromatic N) is 6. The van der Waals surface area contributed by atoms with Gasteiger partial charge in [-0.2, -0.15) is 9.67 Å². The summed E-state index contributed by atoms with van der Waals surface area (Å²) >= 11 is 0. The molecule has 3 N–H and O–H groups in total. The first-order chi connectivity index (χ1) is 15.7. The van der Waals surface area contributed by atoms with Gasteiger partial charge >= 0.3 is 0 Å². The number of nitrogen functional groups attached to an aromatic ring is 1. The quantitative estimate of drug-likeness (QED) is 0.642. The first-order valence-corrected chi connectivity index (χ1v) is 11.7. The summed E-state index contributed by atoms with van der Waals surface area (Å²) in [6.07, 6.45) is 7.58. The Bertz CT molecular complexity index is 1060. The van der Waals surface area contributed by atoms with Crippen molar-refractivity contribution in [2.45, 2.75) is 31.7 Å². The number of hydrogen-bond acceptors (Lipinski definition) is 7. The molecule has 0 spiro atoms. The van der Waals surface area contributed by atoms with Gasteiger partial charge in [-0.25, -0.2) is 4.98 Å². The van der Waals surface area contributed by atoms with Gasteiger partial charge in [-0.15, -0.1) is 5.10 Å². The molecular weight excluding hydrogens is 400 g/mol. The van der Waals surface area contributed by atoms with Gasteiger partial charge in [0.15, 0.2) is 5.82 Å². The van der Waals surface area contributed by atoms with E-state index in [0.29, 0.717) is 17.7 Å². The summed E-state index contributed by atoms with van der Waals surface area (Å²) in [5.41, 5.74) is 8.23. The minimum absolute atomic E-state index is 0.302. The highest BCUT2D eigenvalue weighted by Gasteiger charge is 2.42. The van der Waals surface area contributed by atoms with E-state index in [-0.39, 0.29) is 0 Å². The zero-order chi connectivity index (χ0) is 21.5. The van der Waals surface area contributed by atoms with Gasteiger partial charge in [0.25, 0.3) is 0 Å². The summed E-state index contributed by atoms with van der Waals surface area (Å²) in [5.74, 6) is 3.39. The van der Waals surface area contributed by atoms with E-state index < -0.39 is 0 Å². The fourth-order valence-electron chi connectivity index (χ4n) is 5.88. The molecule has 3 unspecified atom stereocenters. The first kappa shape index (κ1) is 19.5. The topological polar surface area (TPSA) is 88.1 Å². The van der Waals surface area contributed by atoms with Crippen LogP contribution in [0.1, 0.15) is 25.7 Å². The molecule has 3 aliphatic rings. The highest BCUT2D eigenvalue weighted by molar-refractivity contribution is 5.60. The number of nitrogens with one attached hydrogen (secondary N) is 1. The maximum Gasteiger partial charge on any atom is 0.248 e. The molecule has 1 aromatic carbocycles. The lowest BCUT2D eigenvalue weighted by Crippen LogP contribution is -2.51. The number of benzene rings is 1. The number of hydrogen-bond donors (Lipinski definition) is 2. The summed E-state index contributed by atoms with van der Waals surface area (Å²) < 4.78 is 1.53. The van der Waals surface area contributed by atoms with Crippen molar-refractivity contribution in [3.05, 3.63) is 48.7 Å². The molecule has 2 aliphatic carbocycles. The molecular formula is C24H30N8. The Morgan fingerprint density at radius 1 is 0.938 bits per heavy atom. The highest BCUT2D eigenvalue weighted by atomic mass is 15.4. The molecule has 3 fully saturated rings. The first-order valence-electron chi connectivity index (χ1n) is 11.7. The third kappa shape index (κ3) is 3.68. The van der Waals surface area contributed by atoms with Gasteiger partial charge in [0.05, 0.1) is 0 Å². The van der Waals surface area contributed by atoms with Crippen molar-refractivity contribution >= 4 is 23.3 Å². The van der Waals surface area contributed by atoms with Gasteiger partial charge < -0.3 is 16.0 Å². The number of fused-ring (bicyclic) bond motifs is 2. The van der Waals surface area contributed by atoms with Crippen molar-refractivity contribution in [2.75, 3.05) is 42.1 Å². The van der Waals surface area contributed by atoms with E-state index in [1.54, 1.807) is 6.20 Å². The van der Waals surface area contributed by atoms with Gasteiger partial charge in [-0.3, -0.25) is 4.90 Å². The molecule has 1 aliphatic heterocycles. The van der Waals surface area contributed by atoms with Crippen molar-refractivity contribution in [3.8, 4) is 5.82 Å². The monoisotopic (exact) mass is 430 g/mol. The van der Waals surface area contributed by atoms with Crippen molar-refractivity contribution in [1.82, 2.24) is 24.6 Å². The van der Waals surface area contributed by atoms with Crippen LogP contribution in [0.2, 0.25) is 0 Å². The Balaban J connectivity index is 1.07. The predicted molar refractivity (Wildman–Crippen MR) is 126 cm³/mol. The van der Waals surface area contributed by atoms with Crippen LogP contribution in [0.25, 0.3) is 5.82 Å².